The highest BCUT2D eigenvalue weighted by molar-refractivity contribution is 5.05. The van der Waals surface area contributed by atoms with E-state index in [4.69, 9.17) is 0 Å². The molecule has 2 aromatic rings. The van der Waals surface area contributed by atoms with E-state index < -0.39 is 0 Å². The smallest absolute Gasteiger partial charge is 0.171 e. The SMILES string of the molecule is [Cl-].[Cl-].c1cc2c[n+](c1)CCCCCCCCCCCCCc1ccc[n+](c1)CCCCCCCCCCCC2. The van der Waals surface area contributed by atoms with Gasteiger partial charge in [0.15, 0.2) is 24.8 Å². The standard InChI is InChI=1S/C35H58N2.2ClH/c1-2-6-10-14-18-24-34-26-22-31-37(32-34)29-21-17-13-9-5-3-7-11-15-19-25-35-27-23-30-36(33-35)28-20-16-12-8-4-1;;/h22-23,26-27,30-33H,1-21,24-25,28-29H2;2*1H/q+2;;/p-2. The Morgan fingerprint density at radius 2 is 0.641 bits per heavy atom. The maximum atomic E-state index is 2.44. The molecule has 0 spiro atoms. The van der Waals surface area contributed by atoms with Crippen LogP contribution in [-0.2, 0) is 25.9 Å². The molecule has 0 aromatic carbocycles. The Hall–Kier alpha value is -1.12. The summed E-state index contributed by atoms with van der Waals surface area (Å²) in [6.07, 6.45) is 41.3. The van der Waals surface area contributed by atoms with Crippen LogP contribution in [-0.4, -0.2) is 0 Å². The molecule has 222 valence electrons. The second-order valence-corrected chi connectivity index (χ2v) is 11.8. The number of hydrogen-bond donors (Lipinski definition) is 0. The zero-order valence-electron chi connectivity index (χ0n) is 24.9. The van der Waals surface area contributed by atoms with Crippen LogP contribution < -0.4 is 33.9 Å². The molecule has 1 aliphatic rings. The van der Waals surface area contributed by atoms with Crippen molar-refractivity contribution >= 4 is 0 Å². The van der Waals surface area contributed by atoms with Crippen LogP contribution in [0.1, 0.15) is 146 Å². The summed E-state index contributed by atoms with van der Waals surface area (Å²) >= 11 is 0. The summed E-state index contributed by atoms with van der Waals surface area (Å²) in [7, 11) is 0. The normalized spacial score (nSPS) is 18.9. The van der Waals surface area contributed by atoms with Crippen molar-refractivity contribution in [2.75, 3.05) is 0 Å². The molecule has 4 heteroatoms. The Morgan fingerprint density at radius 1 is 0.359 bits per heavy atom. The van der Waals surface area contributed by atoms with Gasteiger partial charge >= 0.3 is 0 Å². The molecule has 2 nitrogen and oxygen atoms in total. The van der Waals surface area contributed by atoms with E-state index in [0.717, 1.165) is 0 Å². The Bertz CT molecular complexity index is 758. The molecule has 0 unspecified atom stereocenters. The first-order valence-electron chi connectivity index (χ1n) is 16.4. The molecule has 4 bridgehead atoms. The summed E-state index contributed by atoms with van der Waals surface area (Å²) in [4.78, 5) is 0. The fraction of sp³-hybridized carbons (Fsp3) is 0.714. The first kappa shape index (κ1) is 35.9. The summed E-state index contributed by atoms with van der Waals surface area (Å²) in [6, 6.07) is 9.18. The lowest BCUT2D eigenvalue weighted by Gasteiger charge is -2.04. The van der Waals surface area contributed by atoms with Crippen molar-refractivity contribution in [1.29, 1.82) is 0 Å². The van der Waals surface area contributed by atoms with Crippen LogP contribution in [0, 0.1) is 0 Å². The van der Waals surface area contributed by atoms with Crippen molar-refractivity contribution in [3.63, 3.8) is 0 Å². The number of nitrogens with zero attached hydrogens (tertiary/aromatic N) is 2. The highest BCUT2D eigenvalue weighted by Gasteiger charge is 2.05. The topological polar surface area (TPSA) is 7.76 Å². The third kappa shape index (κ3) is 18.0. The van der Waals surface area contributed by atoms with Gasteiger partial charge in [0.1, 0.15) is 13.1 Å². The van der Waals surface area contributed by atoms with Crippen LogP contribution in [0.15, 0.2) is 49.1 Å². The van der Waals surface area contributed by atoms with E-state index in [1.165, 1.54) is 172 Å². The lowest BCUT2D eigenvalue weighted by molar-refractivity contribution is -0.697. The lowest BCUT2D eigenvalue weighted by atomic mass is 10.0. The van der Waals surface area contributed by atoms with Crippen molar-refractivity contribution in [2.45, 2.75) is 161 Å². The van der Waals surface area contributed by atoms with Crippen LogP contribution in [0.25, 0.3) is 0 Å². The second-order valence-electron chi connectivity index (χ2n) is 11.8. The van der Waals surface area contributed by atoms with Gasteiger partial charge in [0.05, 0.1) is 0 Å². The van der Waals surface area contributed by atoms with E-state index in [9.17, 15) is 0 Å². The van der Waals surface area contributed by atoms with Crippen molar-refractivity contribution < 1.29 is 33.9 Å². The molecule has 0 aliphatic carbocycles. The van der Waals surface area contributed by atoms with Gasteiger partial charge in [-0.05, 0) is 50.7 Å². The highest BCUT2D eigenvalue weighted by Crippen LogP contribution is 2.14. The molecule has 0 amide bonds. The predicted octanol–water partition coefficient (Wildman–Crippen LogP) is 3.26. The van der Waals surface area contributed by atoms with Crippen LogP contribution in [0.2, 0.25) is 0 Å². The van der Waals surface area contributed by atoms with Crippen LogP contribution >= 0.6 is 0 Å². The van der Waals surface area contributed by atoms with Gasteiger partial charge in [-0.25, -0.2) is 9.13 Å². The van der Waals surface area contributed by atoms with Crippen molar-refractivity contribution in [1.82, 2.24) is 0 Å². The molecule has 0 radical (unpaired) electrons. The second kappa shape index (κ2) is 24.7. The summed E-state index contributed by atoms with van der Waals surface area (Å²) in [5.41, 5.74) is 3.06. The number of pyridine rings is 2. The van der Waals surface area contributed by atoms with E-state index in [1.807, 2.05) is 0 Å². The van der Waals surface area contributed by atoms with Gasteiger partial charge in [0.2, 0.25) is 0 Å². The molecule has 0 fully saturated rings. The van der Waals surface area contributed by atoms with E-state index in [-0.39, 0.29) is 24.8 Å². The minimum Gasteiger partial charge on any atom is -1.00 e. The van der Waals surface area contributed by atoms with Crippen molar-refractivity contribution in [3.8, 4) is 0 Å². The monoisotopic (exact) mass is 576 g/mol. The predicted molar refractivity (Wildman–Crippen MR) is 158 cm³/mol. The van der Waals surface area contributed by atoms with Gasteiger partial charge in [-0.3, -0.25) is 0 Å². The molecular weight excluding hydrogens is 519 g/mol. The summed E-state index contributed by atoms with van der Waals surface area (Å²) in [5.74, 6) is 0. The first-order valence-corrected chi connectivity index (χ1v) is 16.4. The molecule has 3 heterocycles. The van der Waals surface area contributed by atoms with Crippen LogP contribution in [0.3, 0.4) is 0 Å². The fourth-order valence-corrected chi connectivity index (χ4v) is 5.98. The quantitative estimate of drug-likeness (QED) is 0.425. The molecule has 0 atom stereocenters. The largest absolute Gasteiger partial charge is 1.00 e. The molecule has 3 rings (SSSR count). The Morgan fingerprint density at radius 3 is 0.974 bits per heavy atom. The number of hydrogen-bond acceptors (Lipinski definition) is 0. The summed E-state index contributed by atoms with van der Waals surface area (Å²) in [5, 5.41) is 0. The van der Waals surface area contributed by atoms with Gasteiger partial charge in [-0.15, -0.1) is 0 Å². The van der Waals surface area contributed by atoms with Crippen LogP contribution in [0.5, 0.6) is 0 Å². The molecule has 0 N–H and O–H groups in total. The third-order valence-corrected chi connectivity index (χ3v) is 8.35. The molecule has 2 aromatic heterocycles. The van der Waals surface area contributed by atoms with Crippen molar-refractivity contribution in [2.24, 2.45) is 0 Å². The maximum Gasteiger partial charge on any atom is 0.171 e. The zero-order valence-corrected chi connectivity index (χ0v) is 26.5. The van der Waals surface area contributed by atoms with E-state index in [1.54, 1.807) is 0 Å². The Labute approximate surface area is 254 Å². The average Bonchev–Trinajstić information content (AvgIpc) is 2.92. The Kier molecular flexibility index (Phi) is 22.7. The third-order valence-electron chi connectivity index (χ3n) is 8.35. The molecule has 0 saturated carbocycles. The molecular formula is C35H58Cl2N2. The summed E-state index contributed by atoms with van der Waals surface area (Å²) in [6.45, 7) is 2.38. The molecule has 39 heavy (non-hydrogen) atoms. The number of rotatable bonds is 0. The van der Waals surface area contributed by atoms with Gasteiger partial charge in [-0.1, -0.05) is 96.3 Å². The molecule has 1 aliphatic heterocycles. The van der Waals surface area contributed by atoms with E-state index in [0.29, 0.717) is 0 Å². The van der Waals surface area contributed by atoms with E-state index in [2.05, 4.69) is 58.2 Å². The van der Waals surface area contributed by atoms with Gasteiger partial charge in [0.25, 0.3) is 0 Å². The highest BCUT2D eigenvalue weighted by atomic mass is 35.5. The maximum absolute atomic E-state index is 2.44. The zero-order chi connectivity index (χ0) is 25.6. The van der Waals surface area contributed by atoms with Gasteiger partial charge < -0.3 is 24.8 Å². The fourth-order valence-electron chi connectivity index (χ4n) is 5.98. The number of halogens is 2. The van der Waals surface area contributed by atoms with Crippen molar-refractivity contribution in [3.05, 3.63) is 60.2 Å². The minimum absolute atomic E-state index is 0. The average molecular weight is 578 g/mol. The number of aryl methyl sites for hydroxylation is 4. The number of aromatic nitrogens is 2. The van der Waals surface area contributed by atoms with E-state index >= 15 is 0 Å². The van der Waals surface area contributed by atoms with Gasteiger partial charge in [0, 0.05) is 36.1 Å². The first-order chi connectivity index (χ1) is 18.4. The lowest BCUT2D eigenvalue weighted by Crippen LogP contribution is -3.00. The minimum atomic E-state index is 0. The number of fused-ring (bicyclic) bond motifs is 4. The summed E-state index contributed by atoms with van der Waals surface area (Å²) < 4.78 is 4.87. The van der Waals surface area contributed by atoms with Crippen LogP contribution in [0.4, 0.5) is 0 Å². The molecule has 0 saturated heterocycles. The van der Waals surface area contributed by atoms with Gasteiger partial charge in [-0.2, -0.15) is 0 Å². The Balaban J connectivity index is 0.00000380.